The fraction of sp³-hybridized carbons (Fsp3) is 0.312. The Balaban J connectivity index is 2.26. The summed E-state index contributed by atoms with van der Waals surface area (Å²) >= 11 is 1.63. The Morgan fingerprint density at radius 1 is 1.19 bits per heavy atom. The monoisotopic (exact) mass is 299 g/mol. The molecule has 3 aromatic rings. The van der Waals surface area contributed by atoms with Crippen LogP contribution in [0.15, 0.2) is 23.8 Å². The molecule has 0 aliphatic carbocycles. The molecule has 0 atom stereocenters. The number of fused-ring (bicyclic) bond motifs is 1. The van der Waals surface area contributed by atoms with Gasteiger partial charge in [0.15, 0.2) is 0 Å². The van der Waals surface area contributed by atoms with Crippen LogP contribution in [-0.4, -0.2) is 22.1 Å². The Labute approximate surface area is 127 Å². The number of benzene rings is 1. The summed E-state index contributed by atoms with van der Waals surface area (Å²) in [6, 6.07) is 3.90. The van der Waals surface area contributed by atoms with Gasteiger partial charge in [-0.3, -0.25) is 0 Å². The summed E-state index contributed by atoms with van der Waals surface area (Å²) in [6.07, 6.45) is 1.60. The maximum Gasteiger partial charge on any atom is 0.142 e. The van der Waals surface area contributed by atoms with E-state index in [4.69, 9.17) is 9.72 Å². The van der Waals surface area contributed by atoms with Gasteiger partial charge in [0.1, 0.15) is 22.8 Å². The van der Waals surface area contributed by atoms with Gasteiger partial charge in [-0.15, -0.1) is 11.3 Å². The molecule has 0 aliphatic rings. The largest absolute Gasteiger partial charge is 0.496 e. The van der Waals surface area contributed by atoms with E-state index in [1.807, 2.05) is 19.1 Å². The highest BCUT2D eigenvalue weighted by atomic mass is 32.1. The molecule has 0 radical (unpaired) electrons. The molecule has 0 saturated carbocycles. The van der Waals surface area contributed by atoms with E-state index in [1.165, 1.54) is 0 Å². The molecule has 0 spiro atoms. The van der Waals surface area contributed by atoms with E-state index in [9.17, 15) is 0 Å². The molecule has 0 bridgehead atoms. The van der Waals surface area contributed by atoms with Crippen molar-refractivity contribution >= 4 is 22.2 Å². The van der Waals surface area contributed by atoms with Crippen LogP contribution >= 0.6 is 11.3 Å². The van der Waals surface area contributed by atoms with Crippen LogP contribution in [0.4, 0.5) is 0 Å². The lowest BCUT2D eigenvalue weighted by Gasteiger charge is -2.09. The second-order valence-electron chi connectivity index (χ2n) is 5.24. The quantitative estimate of drug-likeness (QED) is 0.727. The second-order valence-corrected chi connectivity index (χ2v) is 6.10. The van der Waals surface area contributed by atoms with Crippen LogP contribution in [0.25, 0.3) is 21.6 Å². The molecule has 0 amide bonds. The summed E-state index contributed by atoms with van der Waals surface area (Å²) in [5.74, 6) is 1.26. The van der Waals surface area contributed by atoms with E-state index < -0.39 is 0 Å². The summed E-state index contributed by atoms with van der Waals surface area (Å²) < 4.78 is 5.41. The number of ether oxygens (including phenoxy) is 1. The zero-order chi connectivity index (χ0) is 15.0. The van der Waals surface area contributed by atoms with E-state index in [0.717, 1.165) is 38.6 Å². The lowest BCUT2D eigenvalue weighted by Crippen LogP contribution is -1.95. The zero-order valence-corrected chi connectivity index (χ0v) is 13.4. The van der Waals surface area contributed by atoms with Gasteiger partial charge in [0.05, 0.1) is 18.3 Å². The third kappa shape index (κ3) is 2.38. The van der Waals surface area contributed by atoms with Crippen molar-refractivity contribution in [3.05, 3.63) is 35.1 Å². The standard InChI is InChI=1S/C16H17N3OS/c1-9(2)12-7-21-16(19-12)15-14-10(3)13(20-4)6-5-11(14)17-8-18-15/h5-9H,1-4H3. The molecule has 2 heterocycles. The second kappa shape index (κ2) is 5.41. The van der Waals surface area contributed by atoms with Gasteiger partial charge in [0.2, 0.25) is 0 Å². The van der Waals surface area contributed by atoms with E-state index in [2.05, 4.69) is 29.2 Å². The third-order valence-corrected chi connectivity index (χ3v) is 4.42. The van der Waals surface area contributed by atoms with Crippen molar-refractivity contribution < 1.29 is 4.74 Å². The van der Waals surface area contributed by atoms with Gasteiger partial charge in [-0.05, 0) is 25.0 Å². The fourth-order valence-electron chi connectivity index (χ4n) is 2.34. The van der Waals surface area contributed by atoms with Crippen molar-refractivity contribution in [2.75, 3.05) is 7.11 Å². The van der Waals surface area contributed by atoms with Gasteiger partial charge in [-0.25, -0.2) is 15.0 Å². The number of methoxy groups -OCH3 is 1. The van der Waals surface area contributed by atoms with Crippen molar-refractivity contribution in [3.63, 3.8) is 0 Å². The molecular formula is C16H17N3OS. The molecule has 0 saturated heterocycles. The number of hydrogen-bond acceptors (Lipinski definition) is 5. The van der Waals surface area contributed by atoms with Crippen LogP contribution in [0.3, 0.4) is 0 Å². The number of aryl methyl sites for hydroxylation is 1. The molecule has 2 aromatic heterocycles. The first kappa shape index (κ1) is 13.9. The molecule has 3 rings (SSSR count). The van der Waals surface area contributed by atoms with Crippen LogP contribution in [0.1, 0.15) is 31.0 Å². The average Bonchev–Trinajstić information content (AvgIpc) is 2.97. The Hall–Kier alpha value is -2.01. The van der Waals surface area contributed by atoms with Gasteiger partial charge < -0.3 is 4.74 Å². The zero-order valence-electron chi connectivity index (χ0n) is 12.5. The van der Waals surface area contributed by atoms with Crippen molar-refractivity contribution in [1.29, 1.82) is 0 Å². The maximum atomic E-state index is 5.41. The SMILES string of the molecule is COc1ccc2ncnc(-c3nc(C(C)C)cs3)c2c1C. The molecule has 108 valence electrons. The molecule has 0 N–H and O–H groups in total. The lowest BCUT2D eigenvalue weighted by molar-refractivity contribution is 0.412. The minimum absolute atomic E-state index is 0.415. The van der Waals surface area contributed by atoms with Gasteiger partial charge in [-0.1, -0.05) is 13.8 Å². The maximum absolute atomic E-state index is 5.41. The average molecular weight is 299 g/mol. The smallest absolute Gasteiger partial charge is 0.142 e. The van der Waals surface area contributed by atoms with Crippen molar-refractivity contribution in [2.45, 2.75) is 26.7 Å². The van der Waals surface area contributed by atoms with Crippen LogP contribution in [-0.2, 0) is 0 Å². The van der Waals surface area contributed by atoms with E-state index in [1.54, 1.807) is 24.8 Å². The molecule has 0 aliphatic heterocycles. The van der Waals surface area contributed by atoms with Gasteiger partial charge in [0, 0.05) is 16.3 Å². The number of nitrogens with zero attached hydrogens (tertiary/aromatic N) is 3. The highest BCUT2D eigenvalue weighted by Crippen LogP contribution is 2.34. The number of hydrogen-bond donors (Lipinski definition) is 0. The molecule has 0 fully saturated rings. The molecule has 0 unspecified atom stereocenters. The first-order chi connectivity index (χ1) is 10.1. The predicted octanol–water partition coefficient (Wildman–Crippen LogP) is 4.19. The summed E-state index contributed by atoms with van der Waals surface area (Å²) in [6.45, 7) is 6.32. The van der Waals surface area contributed by atoms with Crippen molar-refractivity contribution in [1.82, 2.24) is 15.0 Å². The summed E-state index contributed by atoms with van der Waals surface area (Å²) in [7, 11) is 1.68. The minimum Gasteiger partial charge on any atom is -0.496 e. The van der Waals surface area contributed by atoms with Crippen LogP contribution in [0.2, 0.25) is 0 Å². The lowest BCUT2D eigenvalue weighted by atomic mass is 10.1. The number of thiazole rings is 1. The Morgan fingerprint density at radius 3 is 2.67 bits per heavy atom. The summed E-state index contributed by atoms with van der Waals surface area (Å²) in [4.78, 5) is 13.5. The van der Waals surface area contributed by atoms with Crippen LogP contribution < -0.4 is 4.74 Å². The van der Waals surface area contributed by atoms with Gasteiger partial charge in [0.25, 0.3) is 0 Å². The highest BCUT2D eigenvalue weighted by molar-refractivity contribution is 7.13. The third-order valence-electron chi connectivity index (χ3n) is 3.55. The van der Waals surface area contributed by atoms with Gasteiger partial charge >= 0.3 is 0 Å². The van der Waals surface area contributed by atoms with Crippen molar-refractivity contribution in [2.24, 2.45) is 0 Å². The topological polar surface area (TPSA) is 47.9 Å². The molecular weight excluding hydrogens is 282 g/mol. The van der Waals surface area contributed by atoms with Crippen LogP contribution in [0.5, 0.6) is 5.75 Å². The van der Waals surface area contributed by atoms with Gasteiger partial charge in [-0.2, -0.15) is 0 Å². The summed E-state index contributed by atoms with van der Waals surface area (Å²) in [5, 5.41) is 4.05. The molecule has 4 nitrogen and oxygen atoms in total. The van der Waals surface area contributed by atoms with E-state index >= 15 is 0 Å². The predicted molar refractivity (Wildman–Crippen MR) is 86.0 cm³/mol. The van der Waals surface area contributed by atoms with E-state index in [-0.39, 0.29) is 0 Å². The normalized spacial score (nSPS) is 11.3. The number of rotatable bonds is 3. The van der Waals surface area contributed by atoms with Crippen LogP contribution in [0, 0.1) is 6.92 Å². The molecule has 5 heteroatoms. The molecule has 1 aromatic carbocycles. The Bertz CT molecular complexity index is 795. The Morgan fingerprint density at radius 2 is 2.00 bits per heavy atom. The fourth-order valence-corrected chi connectivity index (χ4v) is 3.32. The molecule has 21 heavy (non-hydrogen) atoms. The first-order valence-electron chi connectivity index (χ1n) is 6.86. The van der Waals surface area contributed by atoms with E-state index in [0.29, 0.717) is 5.92 Å². The number of aromatic nitrogens is 3. The minimum atomic E-state index is 0.415. The Kier molecular flexibility index (Phi) is 3.59. The summed E-state index contributed by atoms with van der Waals surface area (Å²) in [5.41, 5.74) is 3.95. The van der Waals surface area contributed by atoms with Crippen molar-refractivity contribution in [3.8, 4) is 16.5 Å². The first-order valence-corrected chi connectivity index (χ1v) is 7.74. The highest BCUT2D eigenvalue weighted by Gasteiger charge is 2.15.